The van der Waals surface area contributed by atoms with Crippen molar-refractivity contribution in [3.63, 3.8) is 0 Å². The zero-order chi connectivity index (χ0) is 37.3. The molecule has 0 spiro atoms. The average Bonchev–Trinajstić information content (AvgIpc) is 3.73. The van der Waals surface area contributed by atoms with Gasteiger partial charge in [-0.25, -0.2) is 4.98 Å². The second-order valence-corrected chi connectivity index (χ2v) is 14.0. The van der Waals surface area contributed by atoms with Crippen LogP contribution >= 0.6 is 0 Å². The highest BCUT2D eigenvalue weighted by atomic mass is 16.3. The minimum absolute atomic E-state index is 0.599. The Morgan fingerprint density at radius 3 is 1.29 bits per heavy atom. The summed E-state index contributed by atoms with van der Waals surface area (Å²) < 4.78 is 6.61. The first kappa shape index (κ1) is 33.1. The first-order chi connectivity index (χ1) is 27.8. The van der Waals surface area contributed by atoms with Gasteiger partial charge in [-0.2, -0.15) is 0 Å². The molecule has 0 aliphatic carbocycles. The lowest BCUT2D eigenvalue weighted by atomic mass is 9.94. The molecule has 0 unspecified atom stereocenters. The van der Waals surface area contributed by atoms with Gasteiger partial charge in [0, 0.05) is 27.7 Å². The van der Waals surface area contributed by atoms with Crippen LogP contribution in [0.5, 0.6) is 0 Å². The summed E-state index contributed by atoms with van der Waals surface area (Å²) in [6.07, 6.45) is 0. The topological polar surface area (TPSA) is 29.3 Å². The summed E-state index contributed by atoms with van der Waals surface area (Å²) in [7, 11) is 0. The summed E-state index contributed by atoms with van der Waals surface area (Å²) in [5.74, 6) is 0.599. The van der Waals surface area contributed by atoms with Gasteiger partial charge in [-0.3, -0.25) is 0 Å². The van der Waals surface area contributed by atoms with Gasteiger partial charge >= 0.3 is 0 Å². The van der Waals surface area contributed by atoms with E-state index in [1.54, 1.807) is 0 Å². The molecule has 56 heavy (non-hydrogen) atoms. The Morgan fingerprint density at radius 2 is 0.732 bits per heavy atom. The van der Waals surface area contributed by atoms with Crippen LogP contribution in [0.2, 0.25) is 0 Å². The maximum Gasteiger partial charge on any atom is 0.227 e. The summed E-state index contributed by atoms with van der Waals surface area (Å²) in [5.41, 5.74) is 15.1. The number of benzene rings is 9. The maximum atomic E-state index is 6.61. The molecular formula is C53H36N2O. The minimum atomic E-state index is 0.599. The fraction of sp³-hybridized carbons (Fsp3) is 0. The van der Waals surface area contributed by atoms with Crippen molar-refractivity contribution in [3.8, 4) is 56.0 Å². The van der Waals surface area contributed by atoms with E-state index in [4.69, 9.17) is 9.40 Å². The molecule has 1 heterocycles. The molecule has 9 aromatic carbocycles. The number of nitrogens with zero attached hydrogens (tertiary/aromatic N) is 2. The third kappa shape index (κ3) is 6.21. The van der Waals surface area contributed by atoms with Gasteiger partial charge in [-0.15, -0.1) is 0 Å². The molecule has 0 fully saturated rings. The Balaban J connectivity index is 1.10. The molecule has 0 radical (unpaired) electrons. The second kappa shape index (κ2) is 14.4. The zero-order valence-electron chi connectivity index (χ0n) is 30.6. The van der Waals surface area contributed by atoms with Gasteiger partial charge < -0.3 is 9.32 Å². The number of oxazole rings is 1. The van der Waals surface area contributed by atoms with Crippen molar-refractivity contribution in [2.45, 2.75) is 0 Å². The van der Waals surface area contributed by atoms with E-state index in [9.17, 15) is 0 Å². The van der Waals surface area contributed by atoms with Crippen LogP contribution in [0.4, 0.5) is 17.1 Å². The van der Waals surface area contributed by atoms with E-state index >= 15 is 0 Å². The van der Waals surface area contributed by atoms with Crippen LogP contribution in [0.1, 0.15) is 0 Å². The highest BCUT2D eigenvalue weighted by Gasteiger charge is 2.21. The molecule has 0 atom stereocenters. The van der Waals surface area contributed by atoms with Crippen LogP contribution in [0.3, 0.4) is 0 Å². The Labute approximate surface area is 326 Å². The summed E-state index contributed by atoms with van der Waals surface area (Å²) in [6.45, 7) is 0. The second-order valence-electron chi connectivity index (χ2n) is 14.0. The first-order valence-electron chi connectivity index (χ1n) is 19.0. The van der Waals surface area contributed by atoms with E-state index in [0.717, 1.165) is 55.6 Å². The van der Waals surface area contributed by atoms with Crippen molar-refractivity contribution in [3.05, 3.63) is 218 Å². The van der Waals surface area contributed by atoms with Gasteiger partial charge in [0.15, 0.2) is 5.58 Å². The van der Waals surface area contributed by atoms with Crippen LogP contribution in [0, 0.1) is 0 Å². The van der Waals surface area contributed by atoms with Gasteiger partial charge in [0.2, 0.25) is 5.89 Å². The number of fused-ring (bicyclic) bond motifs is 3. The van der Waals surface area contributed by atoms with Gasteiger partial charge in [0.05, 0.1) is 5.69 Å². The van der Waals surface area contributed by atoms with Crippen molar-refractivity contribution in [1.29, 1.82) is 0 Å². The highest BCUT2D eigenvalue weighted by Crippen LogP contribution is 2.44. The predicted molar refractivity (Wildman–Crippen MR) is 233 cm³/mol. The largest absolute Gasteiger partial charge is 0.435 e. The van der Waals surface area contributed by atoms with E-state index in [-0.39, 0.29) is 0 Å². The molecule has 264 valence electrons. The molecule has 1 aromatic heterocycles. The maximum absolute atomic E-state index is 6.61. The van der Waals surface area contributed by atoms with Gasteiger partial charge in [-0.05, 0) is 87.0 Å². The minimum Gasteiger partial charge on any atom is -0.435 e. The van der Waals surface area contributed by atoms with E-state index in [1.807, 2.05) is 6.07 Å². The van der Waals surface area contributed by atoms with Gasteiger partial charge in [0.1, 0.15) is 5.52 Å². The molecule has 10 aromatic rings. The molecule has 0 N–H and O–H groups in total. The lowest BCUT2D eigenvalue weighted by Crippen LogP contribution is -2.10. The number of hydrogen-bond acceptors (Lipinski definition) is 3. The molecule has 3 heteroatoms. The number of rotatable bonds is 8. The average molecular weight is 717 g/mol. The van der Waals surface area contributed by atoms with Crippen molar-refractivity contribution >= 4 is 38.9 Å². The van der Waals surface area contributed by atoms with Gasteiger partial charge in [-0.1, -0.05) is 176 Å². The summed E-state index contributed by atoms with van der Waals surface area (Å²) >= 11 is 0. The molecule has 10 rings (SSSR count). The molecule has 3 nitrogen and oxygen atoms in total. The molecule has 0 bridgehead atoms. The standard InChI is InChI=1S/C53H36N2O/c1-4-14-37(15-5-1)39-24-26-43(27-25-39)53-54-50-36-51(48-22-12-13-23-49(48)52(50)56-53)55(44-32-28-40(29-33-44)38-16-6-2-7-17-38)45-34-30-42(31-35-45)47-21-11-10-20-46(47)41-18-8-3-9-19-41/h1-36H. The summed E-state index contributed by atoms with van der Waals surface area (Å²) in [5, 5.41) is 2.09. The van der Waals surface area contributed by atoms with Crippen molar-refractivity contribution < 1.29 is 4.42 Å². The van der Waals surface area contributed by atoms with E-state index in [1.165, 1.54) is 33.4 Å². The quantitative estimate of drug-likeness (QED) is 0.157. The molecule has 0 amide bonds. The lowest BCUT2D eigenvalue weighted by Gasteiger charge is -2.27. The van der Waals surface area contributed by atoms with Crippen molar-refractivity contribution in [2.75, 3.05) is 4.90 Å². The molecule has 0 saturated heterocycles. The SMILES string of the molecule is c1ccc(-c2ccc(-c3nc4cc(N(c5ccc(-c6ccccc6)cc5)c5ccc(-c6ccccc6-c6ccccc6)cc5)c5ccccc5c4o3)cc2)cc1. The monoisotopic (exact) mass is 716 g/mol. The van der Waals surface area contributed by atoms with E-state index < -0.39 is 0 Å². The molecular weight excluding hydrogens is 681 g/mol. The smallest absolute Gasteiger partial charge is 0.227 e. The van der Waals surface area contributed by atoms with Crippen LogP contribution < -0.4 is 4.90 Å². The Bertz CT molecular complexity index is 2920. The number of hydrogen-bond donors (Lipinski definition) is 0. The third-order valence-electron chi connectivity index (χ3n) is 10.5. The van der Waals surface area contributed by atoms with Crippen LogP contribution in [0.15, 0.2) is 223 Å². The van der Waals surface area contributed by atoms with Crippen LogP contribution in [0.25, 0.3) is 77.8 Å². The Morgan fingerprint density at radius 1 is 0.339 bits per heavy atom. The van der Waals surface area contributed by atoms with Crippen LogP contribution in [-0.2, 0) is 0 Å². The highest BCUT2D eigenvalue weighted by molar-refractivity contribution is 6.12. The Kier molecular flexibility index (Phi) is 8.51. The summed E-state index contributed by atoms with van der Waals surface area (Å²) in [4.78, 5) is 7.46. The van der Waals surface area contributed by atoms with Crippen molar-refractivity contribution in [1.82, 2.24) is 4.98 Å². The normalized spacial score (nSPS) is 11.2. The van der Waals surface area contributed by atoms with Crippen LogP contribution in [-0.4, -0.2) is 4.98 Å². The number of anilines is 3. The van der Waals surface area contributed by atoms with E-state index in [0.29, 0.717) is 5.89 Å². The predicted octanol–water partition coefficient (Wildman–Crippen LogP) is 14.8. The Hall–Kier alpha value is -7.49. The fourth-order valence-corrected chi connectivity index (χ4v) is 7.73. The van der Waals surface area contributed by atoms with E-state index in [2.05, 4.69) is 217 Å². The third-order valence-corrected chi connectivity index (χ3v) is 10.5. The van der Waals surface area contributed by atoms with Crippen molar-refractivity contribution in [2.24, 2.45) is 0 Å². The lowest BCUT2D eigenvalue weighted by molar-refractivity contribution is 0.623. The summed E-state index contributed by atoms with van der Waals surface area (Å²) in [6, 6.07) is 77.0. The zero-order valence-corrected chi connectivity index (χ0v) is 30.6. The molecule has 0 aliphatic heterocycles. The van der Waals surface area contributed by atoms with Gasteiger partial charge in [0.25, 0.3) is 0 Å². The number of aromatic nitrogens is 1. The fourth-order valence-electron chi connectivity index (χ4n) is 7.73. The first-order valence-corrected chi connectivity index (χ1v) is 19.0. The molecule has 0 saturated carbocycles. The molecule has 0 aliphatic rings.